The predicted molar refractivity (Wildman–Crippen MR) is 86.8 cm³/mol. The van der Waals surface area contributed by atoms with Crippen LogP contribution in [0.5, 0.6) is 5.75 Å². The maximum atomic E-state index is 11.1. The largest absolute Gasteiger partial charge is 0.507 e. The summed E-state index contributed by atoms with van der Waals surface area (Å²) in [5.41, 5.74) is 6.70. The van der Waals surface area contributed by atoms with Crippen LogP contribution >= 0.6 is 0 Å². The van der Waals surface area contributed by atoms with Crippen molar-refractivity contribution in [2.75, 3.05) is 5.73 Å². The van der Waals surface area contributed by atoms with Crippen LogP contribution in [0.2, 0.25) is 0 Å². The zero-order chi connectivity index (χ0) is 16.9. The SMILES string of the molecule is Nc1nnc(-c2ccccc2O)cc1C#CC12CC(C(=O)O)(C1)C2. The monoisotopic (exact) mass is 321 g/mol. The second-order valence-corrected chi connectivity index (χ2v) is 6.69. The average Bonchev–Trinajstić information content (AvgIpc) is 2.46. The molecule has 0 unspecified atom stereocenters. The summed E-state index contributed by atoms with van der Waals surface area (Å²) < 4.78 is 0. The first-order valence-electron chi connectivity index (χ1n) is 7.61. The summed E-state index contributed by atoms with van der Waals surface area (Å²) in [5, 5.41) is 27.0. The second kappa shape index (κ2) is 4.71. The maximum Gasteiger partial charge on any atom is 0.309 e. The summed E-state index contributed by atoms with van der Waals surface area (Å²) in [7, 11) is 0. The molecule has 3 fully saturated rings. The standard InChI is InChI=1S/C18H15N3O3/c19-15-11(5-6-17-8-18(9-17,10-17)16(23)24)7-13(20-21-15)12-3-1-2-4-14(12)22/h1-4,7,22H,8-10H2,(H2,19,21)(H,23,24). The Morgan fingerprint density at radius 3 is 2.58 bits per heavy atom. The Hall–Kier alpha value is -3.07. The van der Waals surface area contributed by atoms with Crippen molar-refractivity contribution in [3.63, 3.8) is 0 Å². The van der Waals surface area contributed by atoms with Crippen LogP contribution in [-0.4, -0.2) is 26.4 Å². The van der Waals surface area contributed by atoms with E-state index in [4.69, 9.17) is 10.8 Å². The number of nitrogens with zero attached hydrogens (tertiary/aromatic N) is 2. The summed E-state index contributed by atoms with van der Waals surface area (Å²) in [5.74, 6) is 5.80. The molecule has 2 aromatic rings. The number of anilines is 1. The zero-order valence-electron chi connectivity index (χ0n) is 12.8. The van der Waals surface area contributed by atoms with E-state index in [-0.39, 0.29) is 17.0 Å². The van der Waals surface area contributed by atoms with E-state index in [1.165, 1.54) is 0 Å². The molecule has 1 aromatic heterocycles. The number of carbonyl (C=O) groups is 1. The number of carboxylic acid groups (broad SMARTS) is 1. The number of nitrogens with two attached hydrogens (primary N) is 1. The van der Waals surface area contributed by atoms with Gasteiger partial charge in [-0.25, -0.2) is 0 Å². The lowest BCUT2D eigenvalue weighted by Crippen LogP contribution is -2.64. The number of rotatable bonds is 2. The number of nitrogen functional groups attached to an aromatic ring is 1. The Morgan fingerprint density at radius 2 is 1.92 bits per heavy atom. The van der Waals surface area contributed by atoms with Crippen LogP contribution in [0.15, 0.2) is 30.3 Å². The van der Waals surface area contributed by atoms with Crippen molar-refractivity contribution in [3.05, 3.63) is 35.9 Å². The molecule has 0 radical (unpaired) electrons. The van der Waals surface area contributed by atoms with Crippen molar-refractivity contribution < 1.29 is 15.0 Å². The number of hydrogen-bond acceptors (Lipinski definition) is 5. The highest BCUT2D eigenvalue weighted by atomic mass is 16.4. The highest BCUT2D eigenvalue weighted by molar-refractivity contribution is 5.80. The summed E-state index contributed by atoms with van der Waals surface area (Å²) >= 11 is 0. The molecule has 0 aliphatic heterocycles. The minimum Gasteiger partial charge on any atom is -0.507 e. The van der Waals surface area contributed by atoms with Gasteiger partial charge in [0, 0.05) is 11.0 Å². The third-order valence-electron chi connectivity index (χ3n) is 4.95. The van der Waals surface area contributed by atoms with Crippen LogP contribution in [0, 0.1) is 22.7 Å². The predicted octanol–water partition coefficient (Wildman–Crippen LogP) is 2.04. The molecule has 6 nitrogen and oxygen atoms in total. The van der Waals surface area contributed by atoms with Gasteiger partial charge in [-0.1, -0.05) is 24.0 Å². The molecule has 2 bridgehead atoms. The number of para-hydroxylation sites is 1. The van der Waals surface area contributed by atoms with Gasteiger partial charge in [-0.2, -0.15) is 0 Å². The molecule has 24 heavy (non-hydrogen) atoms. The molecule has 1 aromatic carbocycles. The first-order valence-corrected chi connectivity index (χ1v) is 7.61. The topological polar surface area (TPSA) is 109 Å². The van der Waals surface area contributed by atoms with E-state index in [0.29, 0.717) is 36.1 Å². The minimum absolute atomic E-state index is 0.110. The molecule has 6 heteroatoms. The summed E-state index contributed by atoms with van der Waals surface area (Å²) in [6.45, 7) is 0. The van der Waals surface area contributed by atoms with E-state index in [0.717, 1.165) is 0 Å². The molecule has 1 heterocycles. The van der Waals surface area contributed by atoms with E-state index >= 15 is 0 Å². The van der Waals surface area contributed by atoms with Gasteiger partial charge in [0.2, 0.25) is 0 Å². The van der Waals surface area contributed by atoms with E-state index < -0.39 is 11.4 Å². The van der Waals surface area contributed by atoms with Crippen molar-refractivity contribution in [1.82, 2.24) is 10.2 Å². The summed E-state index contributed by atoms with van der Waals surface area (Å²) in [6, 6.07) is 8.54. The van der Waals surface area contributed by atoms with Gasteiger partial charge in [0.1, 0.15) is 5.75 Å². The number of phenols is 1. The molecule has 4 N–H and O–H groups in total. The third-order valence-corrected chi connectivity index (χ3v) is 4.95. The van der Waals surface area contributed by atoms with E-state index in [1.807, 2.05) is 0 Å². The average molecular weight is 321 g/mol. The highest BCUT2D eigenvalue weighted by Gasteiger charge is 2.71. The molecule has 0 atom stereocenters. The van der Waals surface area contributed by atoms with Crippen LogP contribution in [0.3, 0.4) is 0 Å². The third kappa shape index (κ3) is 2.02. The molecule has 0 saturated heterocycles. The van der Waals surface area contributed by atoms with Gasteiger partial charge < -0.3 is 15.9 Å². The smallest absolute Gasteiger partial charge is 0.309 e. The molecule has 0 spiro atoms. The molecule has 3 aliphatic rings. The number of aromatic nitrogens is 2. The number of benzene rings is 1. The molecular weight excluding hydrogens is 306 g/mol. The second-order valence-electron chi connectivity index (χ2n) is 6.69. The lowest BCUT2D eigenvalue weighted by Gasteiger charge is -2.65. The summed E-state index contributed by atoms with van der Waals surface area (Å²) in [6.07, 6.45) is 1.81. The number of phenolic OH excluding ortho intramolecular Hbond substituents is 1. The van der Waals surface area contributed by atoms with Gasteiger partial charge >= 0.3 is 5.97 Å². The van der Waals surface area contributed by atoms with E-state index in [1.54, 1.807) is 30.3 Å². The number of hydrogen-bond donors (Lipinski definition) is 3. The Bertz CT molecular complexity index is 907. The van der Waals surface area contributed by atoms with Crippen molar-refractivity contribution in [1.29, 1.82) is 0 Å². The lowest BCUT2D eigenvalue weighted by atomic mass is 9.35. The van der Waals surface area contributed by atoms with E-state index in [2.05, 4.69) is 22.0 Å². The number of carboxylic acids is 1. The number of aromatic hydroxyl groups is 1. The first-order chi connectivity index (χ1) is 11.4. The first kappa shape index (κ1) is 14.5. The Labute approximate surface area is 138 Å². The zero-order valence-corrected chi connectivity index (χ0v) is 12.8. The van der Waals surface area contributed by atoms with Gasteiger partial charge in [0.05, 0.1) is 16.7 Å². The van der Waals surface area contributed by atoms with Crippen LogP contribution < -0.4 is 5.73 Å². The fourth-order valence-corrected chi connectivity index (χ4v) is 3.67. The van der Waals surface area contributed by atoms with Gasteiger partial charge in [-0.15, -0.1) is 10.2 Å². The fourth-order valence-electron chi connectivity index (χ4n) is 3.67. The molecule has 3 saturated carbocycles. The van der Waals surface area contributed by atoms with Crippen molar-refractivity contribution >= 4 is 11.8 Å². The molecule has 3 aliphatic carbocycles. The normalized spacial score (nSPS) is 26.5. The summed E-state index contributed by atoms with van der Waals surface area (Å²) in [4.78, 5) is 11.1. The lowest BCUT2D eigenvalue weighted by molar-refractivity contribution is -0.202. The molecule has 0 amide bonds. The van der Waals surface area contributed by atoms with Gasteiger partial charge in [0.25, 0.3) is 0 Å². The van der Waals surface area contributed by atoms with Crippen molar-refractivity contribution in [3.8, 4) is 28.8 Å². The molecule has 120 valence electrons. The van der Waals surface area contributed by atoms with Gasteiger partial charge in [0.15, 0.2) is 5.82 Å². The van der Waals surface area contributed by atoms with Gasteiger partial charge in [-0.05, 0) is 37.5 Å². The van der Waals surface area contributed by atoms with Crippen LogP contribution in [0.1, 0.15) is 24.8 Å². The Morgan fingerprint density at radius 1 is 1.21 bits per heavy atom. The number of aliphatic carboxylic acids is 1. The van der Waals surface area contributed by atoms with Crippen LogP contribution in [0.4, 0.5) is 5.82 Å². The minimum atomic E-state index is -0.724. The van der Waals surface area contributed by atoms with Crippen molar-refractivity contribution in [2.45, 2.75) is 19.3 Å². The maximum absolute atomic E-state index is 11.1. The highest BCUT2D eigenvalue weighted by Crippen LogP contribution is 2.73. The quantitative estimate of drug-likeness (QED) is 0.730. The van der Waals surface area contributed by atoms with Gasteiger partial charge in [-0.3, -0.25) is 4.79 Å². The fraction of sp³-hybridized carbons (Fsp3) is 0.278. The molecular formula is C18H15N3O3. The van der Waals surface area contributed by atoms with Crippen LogP contribution in [-0.2, 0) is 4.79 Å². The van der Waals surface area contributed by atoms with Crippen LogP contribution in [0.25, 0.3) is 11.3 Å². The molecule has 5 rings (SSSR count). The van der Waals surface area contributed by atoms with E-state index in [9.17, 15) is 9.90 Å². The van der Waals surface area contributed by atoms with Crippen molar-refractivity contribution in [2.24, 2.45) is 10.8 Å². The Kier molecular flexibility index (Phi) is 2.85. The Balaban J connectivity index is 1.62.